The second-order valence-corrected chi connectivity index (χ2v) is 6.61. The van der Waals surface area contributed by atoms with E-state index in [9.17, 15) is 0 Å². The zero-order valence-electron chi connectivity index (χ0n) is 11.7. The van der Waals surface area contributed by atoms with Gasteiger partial charge in [-0.15, -0.1) is 11.3 Å². The molecule has 2 aromatic heterocycles. The summed E-state index contributed by atoms with van der Waals surface area (Å²) in [5.74, 6) is 6.37. The maximum absolute atomic E-state index is 5.82. The van der Waals surface area contributed by atoms with Crippen molar-refractivity contribution in [2.75, 3.05) is 0 Å². The molecule has 0 bridgehead atoms. The number of thiazole rings is 1. The molecule has 0 fully saturated rings. The molecular weight excluding hydrogens is 280 g/mol. The van der Waals surface area contributed by atoms with E-state index in [2.05, 4.69) is 50.7 Å². The van der Waals surface area contributed by atoms with E-state index >= 15 is 0 Å². The standard InChI is InChI=1S/C16H18N4S/c17-19-15(9-14-10-20-5-6-21-16(20)18-14)13-7-11-3-1-2-4-12(11)8-13/h1-6,10,13,15,19H,7-9,17H2. The first-order valence-electron chi connectivity index (χ1n) is 7.27. The molecule has 0 amide bonds. The summed E-state index contributed by atoms with van der Waals surface area (Å²) in [6, 6.07) is 8.97. The lowest BCUT2D eigenvalue weighted by Gasteiger charge is -2.21. The van der Waals surface area contributed by atoms with Crippen molar-refractivity contribution in [3.8, 4) is 0 Å². The van der Waals surface area contributed by atoms with Crippen LogP contribution in [0.5, 0.6) is 0 Å². The Labute approximate surface area is 127 Å². The smallest absolute Gasteiger partial charge is 0.193 e. The number of nitrogens with zero attached hydrogens (tertiary/aromatic N) is 2. The average molecular weight is 298 g/mol. The lowest BCUT2D eigenvalue weighted by Crippen LogP contribution is -2.43. The number of aromatic nitrogens is 2. The number of nitrogens with one attached hydrogen (secondary N) is 1. The molecule has 21 heavy (non-hydrogen) atoms. The molecule has 1 aliphatic rings. The third kappa shape index (κ3) is 2.37. The highest BCUT2D eigenvalue weighted by atomic mass is 32.1. The third-order valence-corrected chi connectivity index (χ3v) is 5.21. The highest BCUT2D eigenvalue weighted by Crippen LogP contribution is 2.29. The van der Waals surface area contributed by atoms with Crippen molar-refractivity contribution < 1.29 is 0 Å². The van der Waals surface area contributed by atoms with Gasteiger partial charge < -0.3 is 0 Å². The van der Waals surface area contributed by atoms with Crippen LogP contribution >= 0.6 is 11.3 Å². The maximum atomic E-state index is 5.82. The minimum absolute atomic E-state index is 0.266. The van der Waals surface area contributed by atoms with Gasteiger partial charge in [0, 0.05) is 30.2 Å². The summed E-state index contributed by atoms with van der Waals surface area (Å²) in [5, 5.41) is 2.05. The van der Waals surface area contributed by atoms with Crippen LogP contribution in [-0.4, -0.2) is 15.4 Å². The van der Waals surface area contributed by atoms with Gasteiger partial charge in [-0.3, -0.25) is 15.7 Å². The first-order valence-corrected chi connectivity index (χ1v) is 8.15. The number of rotatable bonds is 4. The van der Waals surface area contributed by atoms with Gasteiger partial charge in [0.05, 0.1) is 5.69 Å². The highest BCUT2D eigenvalue weighted by molar-refractivity contribution is 7.15. The lowest BCUT2D eigenvalue weighted by atomic mass is 9.93. The maximum Gasteiger partial charge on any atom is 0.193 e. The van der Waals surface area contributed by atoms with Crippen LogP contribution in [0, 0.1) is 5.92 Å². The van der Waals surface area contributed by atoms with Gasteiger partial charge in [0.25, 0.3) is 0 Å². The van der Waals surface area contributed by atoms with Gasteiger partial charge in [-0.1, -0.05) is 24.3 Å². The summed E-state index contributed by atoms with van der Waals surface area (Å²) in [4.78, 5) is 5.72. The summed E-state index contributed by atoms with van der Waals surface area (Å²) in [6.07, 6.45) is 7.25. The van der Waals surface area contributed by atoms with Gasteiger partial charge in [0.2, 0.25) is 0 Å². The molecule has 1 unspecified atom stereocenters. The molecule has 0 spiro atoms. The number of nitrogens with two attached hydrogens (primary N) is 1. The van der Waals surface area contributed by atoms with Gasteiger partial charge in [-0.2, -0.15) is 0 Å². The number of hydrogen-bond acceptors (Lipinski definition) is 4. The molecule has 0 radical (unpaired) electrons. The SMILES string of the molecule is NNC(Cc1cn2ccsc2n1)C1Cc2ccccc2C1. The molecule has 1 atom stereocenters. The van der Waals surface area contributed by atoms with E-state index in [0.29, 0.717) is 5.92 Å². The molecular formula is C16H18N4S. The zero-order valence-corrected chi connectivity index (χ0v) is 12.5. The van der Waals surface area contributed by atoms with Crippen LogP contribution in [-0.2, 0) is 19.3 Å². The Balaban J connectivity index is 1.52. The van der Waals surface area contributed by atoms with Crippen LogP contribution < -0.4 is 11.3 Å². The summed E-state index contributed by atoms with van der Waals surface area (Å²) in [5.41, 5.74) is 7.06. The van der Waals surface area contributed by atoms with Crippen molar-refractivity contribution in [3.63, 3.8) is 0 Å². The normalized spacial score (nSPS) is 16.4. The summed E-state index contributed by atoms with van der Waals surface area (Å²) in [7, 11) is 0. The van der Waals surface area contributed by atoms with E-state index in [0.717, 1.165) is 29.9 Å². The zero-order chi connectivity index (χ0) is 14.2. The molecule has 5 heteroatoms. The van der Waals surface area contributed by atoms with Crippen LogP contribution in [0.4, 0.5) is 0 Å². The predicted molar refractivity (Wildman–Crippen MR) is 85.2 cm³/mol. The number of benzene rings is 1. The van der Waals surface area contributed by atoms with Gasteiger partial charge >= 0.3 is 0 Å². The van der Waals surface area contributed by atoms with Crippen LogP contribution in [0.2, 0.25) is 0 Å². The van der Waals surface area contributed by atoms with Crippen molar-refractivity contribution in [3.05, 3.63) is 58.9 Å². The Hall–Kier alpha value is -1.69. The molecule has 1 aliphatic carbocycles. The molecule has 3 N–H and O–H groups in total. The van der Waals surface area contributed by atoms with Crippen LogP contribution in [0.25, 0.3) is 4.96 Å². The van der Waals surface area contributed by atoms with E-state index in [4.69, 9.17) is 5.84 Å². The number of hydrazine groups is 1. The molecule has 3 aromatic rings. The Morgan fingerprint density at radius 1 is 1.33 bits per heavy atom. The fourth-order valence-corrected chi connectivity index (χ4v) is 4.06. The minimum Gasteiger partial charge on any atom is -0.297 e. The largest absolute Gasteiger partial charge is 0.297 e. The molecule has 0 aliphatic heterocycles. The Bertz CT molecular complexity index is 707. The molecule has 4 rings (SSSR count). The van der Waals surface area contributed by atoms with Crippen molar-refractivity contribution in [2.24, 2.45) is 11.8 Å². The van der Waals surface area contributed by atoms with Gasteiger partial charge in [0.1, 0.15) is 0 Å². The van der Waals surface area contributed by atoms with Crippen molar-refractivity contribution in [1.82, 2.24) is 14.8 Å². The van der Waals surface area contributed by atoms with E-state index in [-0.39, 0.29) is 6.04 Å². The highest BCUT2D eigenvalue weighted by Gasteiger charge is 2.28. The van der Waals surface area contributed by atoms with Crippen molar-refractivity contribution in [1.29, 1.82) is 0 Å². The van der Waals surface area contributed by atoms with E-state index in [1.807, 2.05) is 6.20 Å². The first kappa shape index (κ1) is 13.0. The molecule has 108 valence electrons. The van der Waals surface area contributed by atoms with Gasteiger partial charge in [-0.05, 0) is 29.9 Å². The Morgan fingerprint density at radius 2 is 2.10 bits per heavy atom. The molecule has 0 saturated heterocycles. The van der Waals surface area contributed by atoms with Gasteiger partial charge in [0.15, 0.2) is 4.96 Å². The Morgan fingerprint density at radius 3 is 2.76 bits per heavy atom. The number of hydrogen-bond donors (Lipinski definition) is 2. The van der Waals surface area contributed by atoms with Crippen molar-refractivity contribution in [2.45, 2.75) is 25.3 Å². The van der Waals surface area contributed by atoms with E-state index in [1.165, 1.54) is 11.1 Å². The quantitative estimate of drug-likeness (QED) is 0.573. The van der Waals surface area contributed by atoms with Crippen LogP contribution in [0.1, 0.15) is 16.8 Å². The summed E-state index contributed by atoms with van der Waals surface area (Å²) < 4.78 is 2.08. The summed E-state index contributed by atoms with van der Waals surface area (Å²) in [6.45, 7) is 0. The van der Waals surface area contributed by atoms with Gasteiger partial charge in [-0.25, -0.2) is 4.98 Å². The summed E-state index contributed by atoms with van der Waals surface area (Å²) >= 11 is 1.67. The molecule has 0 saturated carbocycles. The Kier molecular flexibility index (Phi) is 3.25. The van der Waals surface area contributed by atoms with E-state index in [1.54, 1.807) is 11.3 Å². The minimum atomic E-state index is 0.266. The number of fused-ring (bicyclic) bond motifs is 2. The fourth-order valence-electron chi connectivity index (χ4n) is 3.34. The lowest BCUT2D eigenvalue weighted by molar-refractivity contribution is 0.365. The predicted octanol–water partition coefficient (Wildman–Crippen LogP) is 2.19. The van der Waals surface area contributed by atoms with E-state index < -0.39 is 0 Å². The molecule has 2 heterocycles. The van der Waals surface area contributed by atoms with Crippen LogP contribution in [0.3, 0.4) is 0 Å². The molecule has 4 nitrogen and oxygen atoms in total. The topological polar surface area (TPSA) is 55.3 Å². The molecule has 1 aromatic carbocycles. The monoisotopic (exact) mass is 298 g/mol. The van der Waals surface area contributed by atoms with Crippen LogP contribution in [0.15, 0.2) is 42.0 Å². The first-order chi connectivity index (χ1) is 10.3. The second-order valence-electron chi connectivity index (χ2n) is 5.74. The fraction of sp³-hybridized carbons (Fsp3) is 0.312. The third-order valence-electron chi connectivity index (χ3n) is 4.44. The van der Waals surface area contributed by atoms with Crippen molar-refractivity contribution >= 4 is 16.3 Å². The second kappa shape index (κ2) is 5.26. The number of imidazole rings is 1. The average Bonchev–Trinajstić information content (AvgIpc) is 3.17.